The Hall–Kier alpha value is -2.74. The van der Waals surface area contributed by atoms with E-state index < -0.39 is 9.84 Å². The summed E-state index contributed by atoms with van der Waals surface area (Å²) in [7, 11) is -3.48. The fraction of sp³-hybridized carbons (Fsp3) is 0.188. The van der Waals surface area contributed by atoms with Gasteiger partial charge < -0.3 is 5.32 Å². The van der Waals surface area contributed by atoms with Crippen LogP contribution in [0.15, 0.2) is 53.6 Å². The van der Waals surface area contributed by atoms with Crippen LogP contribution in [0.2, 0.25) is 0 Å². The van der Waals surface area contributed by atoms with Gasteiger partial charge in [-0.3, -0.25) is 4.79 Å². The van der Waals surface area contributed by atoms with E-state index in [9.17, 15) is 13.2 Å². The predicted molar refractivity (Wildman–Crippen MR) is 89.5 cm³/mol. The molecule has 0 aliphatic rings. The van der Waals surface area contributed by atoms with Crippen molar-refractivity contribution in [3.05, 3.63) is 54.5 Å². The molecule has 2 aromatic heterocycles. The molecule has 0 radical (unpaired) electrons. The van der Waals surface area contributed by atoms with Crippen LogP contribution in [-0.2, 0) is 14.6 Å². The lowest BCUT2D eigenvalue weighted by Crippen LogP contribution is -2.18. The van der Waals surface area contributed by atoms with Crippen molar-refractivity contribution in [1.29, 1.82) is 0 Å². The summed E-state index contributed by atoms with van der Waals surface area (Å²) in [4.78, 5) is 16.6. The van der Waals surface area contributed by atoms with Gasteiger partial charge in [-0.05, 0) is 31.2 Å². The predicted octanol–water partition coefficient (Wildman–Crippen LogP) is 1.84. The smallest absolute Gasteiger partial charge is 0.225 e. The lowest BCUT2D eigenvalue weighted by atomic mass is 10.3. The van der Waals surface area contributed by atoms with Crippen molar-refractivity contribution in [1.82, 2.24) is 14.6 Å². The van der Waals surface area contributed by atoms with Crippen LogP contribution in [0.5, 0.6) is 0 Å². The average Bonchev–Trinajstić information content (AvgIpc) is 2.95. The van der Waals surface area contributed by atoms with Crippen molar-refractivity contribution in [2.75, 3.05) is 11.1 Å². The second-order valence-electron chi connectivity index (χ2n) is 5.28. The fourth-order valence-corrected chi connectivity index (χ4v) is 3.56. The van der Waals surface area contributed by atoms with E-state index in [-0.39, 0.29) is 23.0 Å². The number of nitrogens with zero attached hydrogens (tertiary/aromatic N) is 3. The highest BCUT2D eigenvalue weighted by Gasteiger charge is 2.17. The van der Waals surface area contributed by atoms with Gasteiger partial charge in [0.05, 0.1) is 16.3 Å². The number of fused-ring (bicyclic) bond motifs is 1. The van der Waals surface area contributed by atoms with Crippen molar-refractivity contribution in [2.45, 2.75) is 18.2 Å². The molecule has 8 heteroatoms. The van der Waals surface area contributed by atoms with E-state index in [1.54, 1.807) is 48.0 Å². The first kappa shape index (κ1) is 16.1. The molecule has 0 unspecified atom stereocenters. The van der Waals surface area contributed by atoms with E-state index in [0.717, 1.165) is 0 Å². The van der Waals surface area contributed by atoms with Gasteiger partial charge in [0.15, 0.2) is 15.5 Å². The summed E-state index contributed by atoms with van der Waals surface area (Å²) in [6, 6.07) is 11.5. The van der Waals surface area contributed by atoms with Gasteiger partial charge in [-0.25, -0.2) is 17.9 Å². The maximum Gasteiger partial charge on any atom is 0.225 e. The number of anilines is 1. The van der Waals surface area contributed by atoms with E-state index in [1.807, 2.05) is 0 Å². The highest BCUT2D eigenvalue weighted by Crippen LogP contribution is 2.16. The Morgan fingerprint density at radius 1 is 1.17 bits per heavy atom. The van der Waals surface area contributed by atoms with Gasteiger partial charge in [0, 0.05) is 12.6 Å². The highest BCUT2D eigenvalue weighted by atomic mass is 32.2. The van der Waals surface area contributed by atoms with Crippen molar-refractivity contribution in [3.63, 3.8) is 0 Å². The molecule has 3 aromatic rings. The summed E-state index contributed by atoms with van der Waals surface area (Å²) in [5, 5.41) is 6.86. The molecule has 1 aromatic carbocycles. The molecular weight excluding hydrogens is 328 g/mol. The Morgan fingerprint density at radius 3 is 2.67 bits per heavy atom. The molecule has 1 amide bonds. The fourth-order valence-electron chi connectivity index (χ4n) is 2.30. The van der Waals surface area contributed by atoms with Gasteiger partial charge in [-0.2, -0.15) is 5.10 Å². The largest absolute Gasteiger partial charge is 0.323 e. The van der Waals surface area contributed by atoms with E-state index in [1.165, 1.54) is 12.1 Å². The number of pyridine rings is 1. The quantitative estimate of drug-likeness (QED) is 0.762. The summed E-state index contributed by atoms with van der Waals surface area (Å²) in [5.41, 5.74) is 1.02. The molecule has 2 heterocycles. The van der Waals surface area contributed by atoms with Crippen LogP contribution in [0.4, 0.5) is 5.69 Å². The molecule has 0 saturated carbocycles. The number of aryl methyl sites for hydroxylation is 1. The van der Waals surface area contributed by atoms with E-state index in [4.69, 9.17) is 0 Å². The molecule has 0 aliphatic carbocycles. The monoisotopic (exact) mass is 344 g/mol. The third kappa shape index (κ3) is 3.43. The van der Waals surface area contributed by atoms with Crippen molar-refractivity contribution < 1.29 is 13.2 Å². The van der Waals surface area contributed by atoms with Gasteiger partial charge in [-0.15, -0.1) is 0 Å². The standard InChI is InChI=1S/C16H16N4O3S/c1-12-17-16-14(8-5-10-20(16)19-12)18-15(21)9-11-24(22,23)13-6-3-2-4-7-13/h2-8,10H,9,11H2,1H3,(H,18,21). The number of sulfone groups is 1. The number of carbonyl (C=O) groups is 1. The minimum absolute atomic E-state index is 0.134. The van der Waals surface area contributed by atoms with E-state index in [0.29, 0.717) is 17.2 Å². The second kappa shape index (κ2) is 6.40. The topological polar surface area (TPSA) is 93.4 Å². The normalized spacial score (nSPS) is 11.5. The van der Waals surface area contributed by atoms with E-state index in [2.05, 4.69) is 15.4 Å². The number of carbonyl (C=O) groups excluding carboxylic acids is 1. The Labute approximate surface area is 139 Å². The lowest BCUT2D eigenvalue weighted by Gasteiger charge is -2.07. The lowest BCUT2D eigenvalue weighted by molar-refractivity contribution is -0.115. The van der Waals surface area contributed by atoms with Crippen LogP contribution in [0, 0.1) is 6.92 Å². The zero-order valence-electron chi connectivity index (χ0n) is 13.0. The molecule has 0 atom stereocenters. The van der Waals surface area contributed by atoms with Gasteiger partial charge in [0.25, 0.3) is 0 Å². The first-order chi connectivity index (χ1) is 11.5. The first-order valence-corrected chi connectivity index (χ1v) is 9.00. The number of rotatable bonds is 5. The molecule has 0 saturated heterocycles. The first-order valence-electron chi connectivity index (χ1n) is 7.35. The number of nitrogens with one attached hydrogen (secondary N) is 1. The molecule has 1 N–H and O–H groups in total. The molecule has 0 aliphatic heterocycles. The van der Waals surface area contributed by atoms with Crippen molar-refractivity contribution in [3.8, 4) is 0 Å². The van der Waals surface area contributed by atoms with Crippen molar-refractivity contribution in [2.24, 2.45) is 0 Å². The van der Waals surface area contributed by atoms with Crippen LogP contribution in [0.25, 0.3) is 5.65 Å². The second-order valence-corrected chi connectivity index (χ2v) is 7.39. The Bertz CT molecular complexity index is 981. The van der Waals surface area contributed by atoms with Gasteiger partial charge in [0.1, 0.15) is 5.82 Å². The molecule has 3 rings (SSSR count). The molecule has 124 valence electrons. The molecule has 7 nitrogen and oxygen atoms in total. The number of amides is 1. The summed E-state index contributed by atoms with van der Waals surface area (Å²) >= 11 is 0. The zero-order valence-corrected chi connectivity index (χ0v) is 13.8. The van der Waals surface area contributed by atoms with Crippen LogP contribution in [-0.4, -0.2) is 34.7 Å². The third-order valence-corrected chi connectivity index (χ3v) is 5.17. The molecule has 0 spiro atoms. The zero-order chi connectivity index (χ0) is 17.2. The molecular formula is C16H16N4O3S. The third-order valence-electron chi connectivity index (χ3n) is 3.44. The average molecular weight is 344 g/mol. The minimum atomic E-state index is -3.48. The number of hydrogen-bond donors (Lipinski definition) is 1. The Kier molecular flexibility index (Phi) is 4.30. The van der Waals surface area contributed by atoms with Crippen LogP contribution < -0.4 is 5.32 Å². The van der Waals surface area contributed by atoms with Crippen LogP contribution in [0.1, 0.15) is 12.2 Å². The molecule has 0 fully saturated rings. The van der Waals surface area contributed by atoms with Gasteiger partial charge >= 0.3 is 0 Å². The van der Waals surface area contributed by atoms with Gasteiger partial charge in [0.2, 0.25) is 5.91 Å². The van der Waals surface area contributed by atoms with E-state index >= 15 is 0 Å². The summed E-state index contributed by atoms with van der Waals surface area (Å²) in [6.45, 7) is 1.75. The van der Waals surface area contributed by atoms with Crippen molar-refractivity contribution >= 4 is 27.1 Å². The summed E-state index contributed by atoms with van der Waals surface area (Å²) in [6.07, 6.45) is 1.59. The minimum Gasteiger partial charge on any atom is -0.323 e. The summed E-state index contributed by atoms with van der Waals surface area (Å²) < 4.78 is 26.0. The van der Waals surface area contributed by atoms with Crippen LogP contribution >= 0.6 is 0 Å². The van der Waals surface area contributed by atoms with Crippen LogP contribution in [0.3, 0.4) is 0 Å². The highest BCUT2D eigenvalue weighted by molar-refractivity contribution is 7.91. The van der Waals surface area contributed by atoms with Gasteiger partial charge in [-0.1, -0.05) is 18.2 Å². The molecule has 24 heavy (non-hydrogen) atoms. The number of aromatic nitrogens is 3. The molecule has 0 bridgehead atoms. The number of benzene rings is 1. The number of hydrogen-bond acceptors (Lipinski definition) is 5. The maximum atomic E-state index is 12.2. The summed E-state index contributed by atoms with van der Waals surface area (Å²) in [5.74, 6) is -0.0517. The Morgan fingerprint density at radius 2 is 1.92 bits per heavy atom. The SMILES string of the molecule is Cc1nc2c(NC(=O)CCS(=O)(=O)c3ccccc3)cccn2n1. The Balaban J connectivity index is 1.70. The maximum absolute atomic E-state index is 12.2.